The Morgan fingerprint density at radius 1 is 1.32 bits per heavy atom. The molecule has 0 aliphatic carbocycles. The third-order valence-electron chi connectivity index (χ3n) is 3.69. The van der Waals surface area contributed by atoms with Crippen LogP contribution in [0.3, 0.4) is 0 Å². The SMILES string of the molecule is COc1ccc(-c2cn3c(n2)C(N)CC(C)C3)cc1. The molecule has 2 atom stereocenters. The first-order chi connectivity index (χ1) is 9.17. The fourth-order valence-electron chi connectivity index (χ4n) is 2.72. The number of hydrogen-bond donors (Lipinski definition) is 1. The average Bonchev–Trinajstić information content (AvgIpc) is 2.83. The van der Waals surface area contributed by atoms with E-state index in [-0.39, 0.29) is 6.04 Å². The average molecular weight is 257 g/mol. The van der Waals surface area contributed by atoms with Crippen molar-refractivity contribution in [1.29, 1.82) is 0 Å². The van der Waals surface area contributed by atoms with Crippen LogP contribution in [0.4, 0.5) is 0 Å². The van der Waals surface area contributed by atoms with Gasteiger partial charge in [-0.25, -0.2) is 4.98 Å². The van der Waals surface area contributed by atoms with E-state index in [0.717, 1.165) is 35.8 Å². The lowest BCUT2D eigenvalue weighted by Crippen LogP contribution is -2.26. The summed E-state index contributed by atoms with van der Waals surface area (Å²) in [6.07, 6.45) is 3.12. The maximum absolute atomic E-state index is 6.17. The molecule has 0 saturated carbocycles. The molecule has 2 N–H and O–H groups in total. The number of nitrogens with two attached hydrogens (primary N) is 1. The first-order valence-electron chi connectivity index (χ1n) is 6.64. The van der Waals surface area contributed by atoms with Crippen molar-refractivity contribution in [1.82, 2.24) is 9.55 Å². The molecule has 1 aliphatic heterocycles. The van der Waals surface area contributed by atoms with Crippen LogP contribution in [0.1, 0.15) is 25.2 Å². The smallest absolute Gasteiger partial charge is 0.126 e. The summed E-state index contributed by atoms with van der Waals surface area (Å²) in [5.41, 5.74) is 8.26. The van der Waals surface area contributed by atoms with Crippen molar-refractivity contribution in [3.8, 4) is 17.0 Å². The van der Waals surface area contributed by atoms with Crippen LogP contribution >= 0.6 is 0 Å². The number of aromatic nitrogens is 2. The fraction of sp³-hybridized carbons (Fsp3) is 0.400. The number of benzene rings is 1. The summed E-state index contributed by atoms with van der Waals surface area (Å²) < 4.78 is 7.36. The molecule has 4 heteroatoms. The zero-order chi connectivity index (χ0) is 13.4. The normalized spacial score (nSPS) is 22.1. The second-order valence-electron chi connectivity index (χ2n) is 5.31. The van der Waals surface area contributed by atoms with Crippen molar-refractivity contribution < 1.29 is 4.74 Å². The Morgan fingerprint density at radius 2 is 2.05 bits per heavy atom. The summed E-state index contributed by atoms with van der Waals surface area (Å²) in [6, 6.07) is 8.02. The molecule has 4 nitrogen and oxygen atoms in total. The summed E-state index contributed by atoms with van der Waals surface area (Å²) in [6.45, 7) is 3.24. The first-order valence-corrected chi connectivity index (χ1v) is 6.64. The molecule has 0 fully saturated rings. The maximum atomic E-state index is 6.17. The molecule has 0 saturated heterocycles. The van der Waals surface area contributed by atoms with Crippen molar-refractivity contribution in [3.63, 3.8) is 0 Å². The van der Waals surface area contributed by atoms with Crippen molar-refractivity contribution in [2.24, 2.45) is 11.7 Å². The lowest BCUT2D eigenvalue weighted by molar-refractivity contribution is 0.346. The molecule has 1 aromatic heterocycles. The van der Waals surface area contributed by atoms with Crippen LogP contribution in [0.25, 0.3) is 11.3 Å². The molecule has 2 aromatic rings. The van der Waals surface area contributed by atoms with Gasteiger partial charge in [-0.1, -0.05) is 6.92 Å². The molecule has 1 aromatic carbocycles. The molecule has 0 radical (unpaired) electrons. The van der Waals surface area contributed by atoms with Gasteiger partial charge in [0.15, 0.2) is 0 Å². The van der Waals surface area contributed by atoms with Gasteiger partial charge in [0.2, 0.25) is 0 Å². The molecular formula is C15H19N3O. The minimum Gasteiger partial charge on any atom is -0.497 e. The van der Waals surface area contributed by atoms with Gasteiger partial charge in [-0.05, 0) is 36.6 Å². The second-order valence-corrected chi connectivity index (χ2v) is 5.31. The van der Waals surface area contributed by atoms with Gasteiger partial charge in [0.25, 0.3) is 0 Å². The highest BCUT2D eigenvalue weighted by atomic mass is 16.5. The molecule has 19 heavy (non-hydrogen) atoms. The van der Waals surface area contributed by atoms with Gasteiger partial charge < -0.3 is 15.0 Å². The Kier molecular flexibility index (Phi) is 3.03. The third-order valence-corrected chi connectivity index (χ3v) is 3.69. The van der Waals surface area contributed by atoms with E-state index < -0.39 is 0 Å². The van der Waals surface area contributed by atoms with E-state index in [1.807, 2.05) is 24.3 Å². The van der Waals surface area contributed by atoms with Crippen LogP contribution in [-0.2, 0) is 6.54 Å². The van der Waals surface area contributed by atoms with Crippen molar-refractivity contribution >= 4 is 0 Å². The van der Waals surface area contributed by atoms with Crippen LogP contribution < -0.4 is 10.5 Å². The fourth-order valence-corrected chi connectivity index (χ4v) is 2.72. The van der Waals surface area contributed by atoms with Gasteiger partial charge >= 0.3 is 0 Å². The van der Waals surface area contributed by atoms with Gasteiger partial charge in [0.1, 0.15) is 11.6 Å². The van der Waals surface area contributed by atoms with E-state index in [4.69, 9.17) is 10.5 Å². The minimum absolute atomic E-state index is 0.0516. The van der Waals surface area contributed by atoms with E-state index in [1.165, 1.54) is 0 Å². The van der Waals surface area contributed by atoms with Gasteiger partial charge in [-0.2, -0.15) is 0 Å². The number of methoxy groups -OCH3 is 1. The standard InChI is InChI=1S/C15H19N3O/c1-10-7-13(16)15-17-14(9-18(15)8-10)11-3-5-12(19-2)6-4-11/h3-6,9-10,13H,7-8,16H2,1-2H3. The molecule has 1 aliphatic rings. The monoisotopic (exact) mass is 257 g/mol. The molecule has 0 spiro atoms. The molecule has 2 unspecified atom stereocenters. The lowest BCUT2D eigenvalue weighted by Gasteiger charge is -2.25. The highest BCUT2D eigenvalue weighted by molar-refractivity contribution is 5.59. The predicted molar refractivity (Wildman–Crippen MR) is 74.9 cm³/mol. The number of rotatable bonds is 2. The van der Waals surface area contributed by atoms with Crippen molar-refractivity contribution in [2.75, 3.05) is 7.11 Å². The van der Waals surface area contributed by atoms with E-state index in [9.17, 15) is 0 Å². The quantitative estimate of drug-likeness (QED) is 0.899. The van der Waals surface area contributed by atoms with E-state index in [2.05, 4.69) is 22.7 Å². The Labute approximate surface area is 113 Å². The van der Waals surface area contributed by atoms with Crippen molar-refractivity contribution in [3.05, 3.63) is 36.3 Å². The van der Waals surface area contributed by atoms with E-state index >= 15 is 0 Å². The van der Waals surface area contributed by atoms with Crippen molar-refractivity contribution in [2.45, 2.75) is 25.9 Å². The summed E-state index contributed by atoms with van der Waals surface area (Å²) in [4.78, 5) is 4.69. The van der Waals surface area contributed by atoms with Gasteiger partial charge in [-0.15, -0.1) is 0 Å². The minimum atomic E-state index is 0.0516. The molecular weight excluding hydrogens is 238 g/mol. The van der Waals surface area contributed by atoms with Crippen LogP contribution in [-0.4, -0.2) is 16.7 Å². The first kappa shape index (κ1) is 12.2. The Balaban J connectivity index is 1.95. The maximum Gasteiger partial charge on any atom is 0.126 e. The number of nitrogens with zero attached hydrogens (tertiary/aromatic N) is 2. The number of imidazole rings is 1. The topological polar surface area (TPSA) is 53.1 Å². The van der Waals surface area contributed by atoms with Gasteiger partial charge in [0.05, 0.1) is 18.8 Å². The van der Waals surface area contributed by atoms with Crippen LogP contribution in [0.15, 0.2) is 30.5 Å². The highest BCUT2D eigenvalue weighted by Crippen LogP contribution is 2.30. The molecule has 0 bridgehead atoms. The highest BCUT2D eigenvalue weighted by Gasteiger charge is 2.24. The Morgan fingerprint density at radius 3 is 2.74 bits per heavy atom. The van der Waals surface area contributed by atoms with Crippen LogP contribution in [0.2, 0.25) is 0 Å². The Hall–Kier alpha value is -1.81. The summed E-state index contributed by atoms with van der Waals surface area (Å²) in [7, 11) is 1.67. The molecule has 0 amide bonds. The Bertz CT molecular complexity index is 574. The van der Waals surface area contributed by atoms with Gasteiger partial charge in [0, 0.05) is 18.3 Å². The van der Waals surface area contributed by atoms with Gasteiger partial charge in [-0.3, -0.25) is 0 Å². The molecule has 2 heterocycles. The molecule has 3 rings (SSSR count). The third kappa shape index (κ3) is 2.24. The van der Waals surface area contributed by atoms with E-state index in [0.29, 0.717) is 5.92 Å². The van der Waals surface area contributed by atoms with Crippen LogP contribution in [0.5, 0.6) is 5.75 Å². The number of ether oxygens (including phenoxy) is 1. The lowest BCUT2D eigenvalue weighted by atomic mass is 9.98. The van der Waals surface area contributed by atoms with Crippen LogP contribution in [0, 0.1) is 5.92 Å². The zero-order valence-corrected chi connectivity index (χ0v) is 11.3. The molecule has 100 valence electrons. The summed E-state index contributed by atoms with van der Waals surface area (Å²) in [5.74, 6) is 2.47. The zero-order valence-electron chi connectivity index (χ0n) is 11.3. The van der Waals surface area contributed by atoms with E-state index in [1.54, 1.807) is 7.11 Å². The predicted octanol–water partition coefficient (Wildman–Crippen LogP) is 2.60. The largest absolute Gasteiger partial charge is 0.497 e. The number of fused-ring (bicyclic) bond motifs is 1. The number of hydrogen-bond acceptors (Lipinski definition) is 3. The summed E-state index contributed by atoms with van der Waals surface area (Å²) >= 11 is 0. The second kappa shape index (κ2) is 4.70. The summed E-state index contributed by atoms with van der Waals surface area (Å²) in [5, 5.41) is 0.